The molecule has 1 heterocycles. The van der Waals surface area contributed by atoms with Crippen LogP contribution in [0.2, 0.25) is 0 Å². The Hall–Kier alpha value is -2.62. The van der Waals surface area contributed by atoms with Crippen LogP contribution in [-0.4, -0.2) is 24.0 Å². The molecule has 1 aromatic heterocycles. The molecule has 1 aromatic rings. The van der Waals surface area contributed by atoms with Crippen LogP contribution < -0.4 is 16.4 Å². The number of nitrogens with zero attached hydrogens (tertiary/aromatic N) is 3. The van der Waals surface area contributed by atoms with Gasteiger partial charge in [-0.25, -0.2) is 4.79 Å². The minimum absolute atomic E-state index is 0.229. The maximum absolute atomic E-state index is 10.6. The van der Waals surface area contributed by atoms with Crippen LogP contribution >= 0.6 is 0 Å². The molecule has 0 atom stereocenters. The van der Waals surface area contributed by atoms with E-state index in [1.807, 2.05) is 6.07 Å². The predicted octanol–water partition coefficient (Wildman–Crippen LogP) is -0.303. The molecule has 0 aliphatic carbocycles. The van der Waals surface area contributed by atoms with Crippen LogP contribution in [0.5, 0.6) is 0 Å². The van der Waals surface area contributed by atoms with E-state index in [4.69, 9.17) is 11.0 Å². The third-order valence-corrected chi connectivity index (χ3v) is 1.90. The van der Waals surface area contributed by atoms with Crippen LogP contribution in [0, 0.1) is 11.3 Å². The number of carbonyl (C=O) groups is 1. The summed E-state index contributed by atoms with van der Waals surface area (Å²) in [5.41, 5.74) is 5.99. The average molecular weight is 232 g/mol. The van der Waals surface area contributed by atoms with Gasteiger partial charge in [0.05, 0.1) is 17.8 Å². The number of nitriles is 1. The second-order valence-electron chi connectivity index (χ2n) is 3.02. The first-order valence-electron chi connectivity index (χ1n) is 4.78. The summed E-state index contributed by atoms with van der Waals surface area (Å²) in [5, 5.41) is 14.0. The number of urea groups is 1. The summed E-state index contributed by atoms with van der Waals surface area (Å²) < 4.78 is 0. The standard InChI is InChI=1S/C10H12N6O/c1-13-10(16-9(12)17)15-6-8-7(5-11)3-2-4-14-8/h2-4H,6H2,1H3,(H4,12,13,15,16,17). The Morgan fingerprint density at radius 1 is 1.71 bits per heavy atom. The van der Waals surface area contributed by atoms with Crippen LogP contribution in [0.1, 0.15) is 11.3 Å². The van der Waals surface area contributed by atoms with Gasteiger partial charge in [0.2, 0.25) is 0 Å². The first-order valence-corrected chi connectivity index (χ1v) is 4.78. The van der Waals surface area contributed by atoms with Crippen molar-refractivity contribution in [2.75, 3.05) is 7.05 Å². The van der Waals surface area contributed by atoms with E-state index in [1.165, 1.54) is 7.05 Å². The Labute approximate surface area is 98.4 Å². The molecule has 1 rings (SSSR count). The summed E-state index contributed by atoms with van der Waals surface area (Å²) >= 11 is 0. The van der Waals surface area contributed by atoms with Gasteiger partial charge in [0, 0.05) is 13.2 Å². The quantitative estimate of drug-likeness (QED) is 0.479. The van der Waals surface area contributed by atoms with Crippen molar-refractivity contribution in [1.29, 1.82) is 5.26 Å². The van der Waals surface area contributed by atoms with Gasteiger partial charge in [0.1, 0.15) is 6.07 Å². The summed E-state index contributed by atoms with van der Waals surface area (Å²) in [6.45, 7) is 0.274. The molecule has 17 heavy (non-hydrogen) atoms. The van der Waals surface area contributed by atoms with Crippen molar-refractivity contribution in [3.63, 3.8) is 0 Å². The number of nitrogens with one attached hydrogen (secondary N) is 2. The highest BCUT2D eigenvalue weighted by Gasteiger charge is 2.04. The normalized spacial score (nSPS) is 10.5. The van der Waals surface area contributed by atoms with Gasteiger partial charge >= 0.3 is 6.03 Å². The number of rotatable bonds is 2. The highest BCUT2D eigenvalue weighted by atomic mass is 16.2. The second-order valence-corrected chi connectivity index (χ2v) is 3.02. The van der Waals surface area contributed by atoms with Gasteiger partial charge in [-0.1, -0.05) is 0 Å². The maximum Gasteiger partial charge on any atom is 0.318 e. The van der Waals surface area contributed by atoms with Crippen LogP contribution in [0.3, 0.4) is 0 Å². The molecule has 0 aromatic carbocycles. The number of guanidine groups is 1. The maximum atomic E-state index is 10.6. The summed E-state index contributed by atoms with van der Waals surface area (Å²) in [6.07, 6.45) is 1.59. The zero-order valence-electron chi connectivity index (χ0n) is 9.27. The molecule has 2 amide bonds. The Kier molecular flexibility index (Phi) is 4.45. The lowest BCUT2D eigenvalue weighted by molar-refractivity contribution is 0.253. The van der Waals surface area contributed by atoms with Crippen molar-refractivity contribution >= 4 is 12.0 Å². The van der Waals surface area contributed by atoms with Crippen molar-refractivity contribution in [1.82, 2.24) is 15.6 Å². The molecule has 88 valence electrons. The van der Waals surface area contributed by atoms with Gasteiger partial charge < -0.3 is 11.1 Å². The largest absolute Gasteiger partial charge is 0.351 e. The van der Waals surface area contributed by atoms with E-state index in [-0.39, 0.29) is 12.5 Å². The fourth-order valence-corrected chi connectivity index (χ4v) is 1.14. The number of primary amides is 1. The Morgan fingerprint density at radius 2 is 2.47 bits per heavy atom. The molecular formula is C10H12N6O. The van der Waals surface area contributed by atoms with E-state index < -0.39 is 6.03 Å². The number of hydrogen-bond donors (Lipinski definition) is 3. The molecule has 4 N–H and O–H groups in total. The number of carbonyl (C=O) groups excluding carboxylic acids is 1. The van der Waals surface area contributed by atoms with Gasteiger partial charge in [0.15, 0.2) is 5.96 Å². The Balaban J connectivity index is 2.67. The molecule has 7 nitrogen and oxygen atoms in total. The molecule has 0 aliphatic rings. The van der Waals surface area contributed by atoms with Crippen molar-refractivity contribution in [2.24, 2.45) is 10.7 Å². The van der Waals surface area contributed by atoms with Crippen LogP contribution in [0.15, 0.2) is 23.3 Å². The van der Waals surface area contributed by atoms with Crippen LogP contribution in [-0.2, 0) is 6.54 Å². The Morgan fingerprint density at radius 3 is 3.06 bits per heavy atom. The van der Waals surface area contributed by atoms with Gasteiger partial charge in [0.25, 0.3) is 0 Å². The lowest BCUT2D eigenvalue weighted by Gasteiger charge is -2.09. The number of aliphatic imine (C=N–C) groups is 1. The van der Waals surface area contributed by atoms with Crippen molar-refractivity contribution in [2.45, 2.75) is 6.54 Å². The predicted molar refractivity (Wildman–Crippen MR) is 61.9 cm³/mol. The molecular weight excluding hydrogens is 220 g/mol. The zero-order chi connectivity index (χ0) is 12.7. The van der Waals surface area contributed by atoms with Crippen LogP contribution in [0.25, 0.3) is 0 Å². The fourth-order valence-electron chi connectivity index (χ4n) is 1.14. The molecule has 7 heteroatoms. The number of hydrogen-bond acceptors (Lipinski definition) is 4. The molecule has 0 saturated carbocycles. The molecule has 0 bridgehead atoms. The van der Waals surface area contributed by atoms with Gasteiger partial charge in [-0.15, -0.1) is 0 Å². The van der Waals surface area contributed by atoms with E-state index in [0.717, 1.165) is 0 Å². The van der Waals surface area contributed by atoms with E-state index in [9.17, 15) is 4.79 Å². The first kappa shape index (κ1) is 12.4. The average Bonchev–Trinajstić information content (AvgIpc) is 2.34. The van der Waals surface area contributed by atoms with Crippen molar-refractivity contribution in [3.05, 3.63) is 29.6 Å². The monoisotopic (exact) mass is 232 g/mol. The topological polar surface area (TPSA) is 116 Å². The highest BCUT2D eigenvalue weighted by Crippen LogP contribution is 2.02. The van der Waals surface area contributed by atoms with Gasteiger partial charge in [-0.3, -0.25) is 15.3 Å². The third kappa shape index (κ3) is 3.79. The Bertz CT molecular complexity index is 476. The smallest absolute Gasteiger partial charge is 0.318 e. The SMILES string of the molecule is CN=C(NCc1ncccc1C#N)NC(N)=O. The molecule has 0 spiro atoms. The van der Waals surface area contributed by atoms with E-state index in [1.54, 1.807) is 18.3 Å². The summed E-state index contributed by atoms with van der Waals surface area (Å²) in [6, 6.07) is 4.66. The minimum Gasteiger partial charge on any atom is -0.351 e. The second kappa shape index (κ2) is 6.07. The number of nitrogens with two attached hydrogens (primary N) is 1. The summed E-state index contributed by atoms with van der Waals surface area (Å²) in [5.74, 6) is 0.229. The highest BCUT2D eigenvalue weighted by molar-refractivity contribution is 5.95. The third-order valence-electron chi connectivity index (χ3n) is 1.90. The summed E-state index contributed by atoms with van der Waals surface area (Å²) in [4.78, 5) is 18.5. The van der Waals surface area contributed by atoms with Gasteiger partial charge in [-0.05, 0) is 12.1 Å². The lowest BCUT2D eigenvalue weighted by atomic mass is 10.2. The zero-order valence-corrected chi connectivity index (χ0v) is 9.27. The van der Waals surface area contributed by atoms with Crippen LogP contribution in [0.4, 0.5) is 4.79 Å². The van der Waals surface area contributed by atoms with Crippen molar-refractivity contribution in [3.8, 4) is 6.07 Å². The molecule has 0 aliphatic heterocycles. The summed E-state index contributed by atoms with van der Waals surface area (Å²) in [7, 11) is 1.50. The van der Waals surface area contributed by atoms with E-state index in [2.05, 4.69) is 20.6 Å². The fraction of sp³-hybridized carbons (Fsp3) is 0.200. The molecule has 0 unspecified atom stereocenters. The lowest BCUT2D eigenvalue weighted by Crippen LogP contribution is -2.43. The number of amides is 2. The number of aromatic nitrogens is 1. The molecule has 0 fully saturated rings. The molecule has 0 radical (unpaired) electrons. The van der Waals surface area contributed by atoms with E-state index in [0.29, 0.717) is 11.3 Å². The molecule has 0 saturated heterocycles. The van der Waals surface area contributed by atoms with Crippen molar-refractivity contribution < 1.29 is 4.79 Å². The number of pyridine rings is 1. The van der Waals surface area contributed by atoms with E-state index >= 15 is 0 Å². The minimum atomic E-state index is -0.709. The first-order chi connectivity index (χ1) is 8.17. The van der Waals surface area contributed by atoms with Gasteiger partial charge in [-0.2, -0.15) is 5.26 Å².